The summed E-state index contributed by atoms with van der Waals surface area (Å²) >= 11 is 0. The van der Waals surface area contributed by atoms with Crippen LogP contribution in [0, 0.1) is 5.82 Å². The Kier molecular flexibility index (Phi) is 5.33. The van der Waals surface area contributed by atoms with E-state index in [1.54, 1.807) is 41.0 Å². The highest BCUT2D eigenvalue weighted by atomic mass is 19.4. The number of hydrogen-bond acceptors (Lipinski definition) is 2. The summed E-state index contributed by atoms with van der Waals surface area (Å²) in [6.45, 7) is 0.234. The molecule has 158 valence electrons. The fraction of sp³-hybridized carbons (Fsp3) is 0.0909. The molecule has 4 rings (SSSR count). The van der Waals surface area contributed by atoms with Crippen LogP contribution in [0.3, 0.4) is 0 Å². The van der Waals surface area contributed by atoms with E-state index in [0.29, 0.717) is 16.6 Å². The summed E-state index contributed by atoms with van der Waals surface area (Å²) in [5, 5.41) is 4.95. The van der Waals surface area contributed by atoms with Crippen molar-refractivity contribution in [3.05, 3.63) is 89.7 Å². The summed E-state index contributed by atoms with van der Waals surface area (Å²) in [6, 6.07) is 16.7. The number of nitrogens with one attached hydrogen (secondary N) is 2. The molecule has 3 aromatic carbocycles. The Labute approximate surface area is 174 Å². The Hall–Kier alpha value is -3.88. The molecule has 0 radical (unpaired) electrons. The van der Waals surface area contributed by atoms with Crippen molar-refractivity contribution in [2.45, 2.75) is 12.7 Å². The Morgan fingerprint density at radius 3 is 2.48 bits per heavy atom. The predicted octanol–water partition coefficient (Wildman–Crippen LogP) is 5.89. The van der Waals surface area contributed by atoms with Gasteiger partial charge in [0.25, 0.3) is 0 Å². The third-order valence-electron chi connectivity index (χ3n) is 4.56. The number of rotatable bonds is 4. The van der Waals surface area contributed by atoms with Gasteiger partial charge in [-0.25, -0.2) is 14.2 Å². The summed E-state index contributed by atoms with van der Waals surface area (Å²) in [5.74, 6) is -0.214. The summed E-state index contributed by atoms with van der Waals surface area (Å²) in [6.07, 6.45) is -4.52. The number of carbonyl (C=O) groups excluding carboxylic acids is 1. The first-order valence-electron chi connectivity index (χ1n) is 9.24. The monoisotopic (exact) mass is 428 g/mol. The molecule has 2 N–H and O–H groups in total. The molecule has 0 unspecified atom stereocenters. The summed E-state index contributed by atoms with van der Waals surface area (Å²) in [5.41, 5.74) is 1.09. The van der Waals surface area contributed by atoms with Gasteiger partial charge >= 0.3 is 12.2 Å². The second-order valence-corrected chi connectivity index (χ2v) is 6.80. The predicted molar refractivity (Wildman–Crippen MR) is 109 cm³/mol. The number of imidazole rings is 1. The van der Waals surface area contributed by atoms with Crippen molar-refractivity contribution in [3.63, 3.8) is 0 Å². The molecule has 9 heteroatoms. The fourth-order valence-electron chi connectivity index (χ4n) is 3.19. The minimum Gasteiger partial charge on any atom is -0.308 e. The third kappa shape index (κ3) is 4.66. The maximum atomic E-state index is 13.6. The van der Waals surface area contributed by atoms with Crippen molar-refractivity contribution < 1.29 is 22.4 Å². The maximum absolute atomic E-state index is 13.6. The number of urea groups is 1. The number of aromatic nitrogens is 2. The number of amides is 2. The smallest absolute Gasteiger partial charge is 0.308 e. The van der Waals surface area contributed by atoms with Crippen LogP contribution in [-0.2, 0) is 12.7 Å². The molecule has 0 aliphatic rings. The quantitative estimate of drug-likeness (QED) is 0.399. The highest BCUT2D eigenvalue weighted by molar-refractivity contribution is 5.99. The average Bonchev–Trinajstić information content (AvgIpc) is 3.04. The van der Waals surface area contributed by atoms with E-state index in [2.05, 4.69) is 15.6 Å². The van der Waals surface area contributed by atoms with Gasteiger partial charge in [-0.15, -0.1) is 0 Å². The van der Waals surface area contributed by atoms with Gasteiger partial charge in [0.15, 0.2) is 0 Å². The number of nitrogens with zero attached hydrogens (tertiary/aromatic N) is 2. The van der Waals surface area contributed by atoms with Gasteiger partial charge in [0.05, 0.1) is 23.1 Å². The molecule has 5 nitrogen and oxygen atoms in total. The molecule has 4 aromatic rings. The SMILES string of the molecule is O=C(Nc1cccc(C(F)(F)F)c1)Nc1nc2ccccc2n1Cc1cccc(F)c1. The molecule has 0 spiro atoms. The molecule has 31 heavy (non-hydrogen) atoms. The van der Waals surface area contributed by atoms with Crippen molar-refractivity contribution in [2.24, 2.45) is 0 Å². The Morgan fingerprint density at radius 1 is 0.935 bits per heavy atom. The minimum atomic E-state index is -4.52. The zero-order valence-corrected chi connectivity index (χ0v) is 15.9. The lowest BCUT2D eigenvalue weighted by Gasteiger charge is -2.12. The molecule has 1 heterocycles. The zero-order valence-electron chi connectivity index (χ0n) is 15.9. The van der Waals surface area contributed by atoms with Crippen LogP contribution in [0.4, 0.5) is 34.0 Å². The molecular weight excluding hydrogens is 412 g/mol. The van der Waals surface area contributed by atoms with Crippen LogP contribution >= 0.6 is 0 Å². The molecular formula is C22H16F4N4O. The number of fused-ring (bicyclic) bond motifs is 1. The van der Waals surface area contributed by atoms with E-state index >= 15 is 0 Å². The highest BCUT2D eigenvalue weighted by Crippen LogP contribution is 2.30. The summed E-state index contributed by atoms with van der Waals surface area (Å²) in [7, 11) is 0. The third-order valence-corrected chi connectivity index (χ3v) is 4.56. The lowest BCUT2D eigenvalue weighted by Crippen LogP contribution is -2.22. The van der Waals surface area contributed by atoms with E-state index in [9.17, 15) is 22.4 Å². The highest BCUT2D eigenvalue weighted by Gasteiger charge is 2.30. The van der Waals surface area contributed by atoms with Crippen LogP contribution < -0.4 is 10.6 Å². The molecule has 1 aromatic heterocycles. The minimum absolute atomic E-state index is 0.0138. The normalized spacial score (nSPS) is 11.5. The molecule has 0 aliphatic heterocycles. The Balaban J connectivity index is 1.60. The number of hydrogen-bond donors (Lipinski definition) is 2. The van der Waals surface area contributed by atoms with E-state index in [-0.39, 0.29) is 18.2 Å². The molecule has 0 atom stereocenters. The van der Waals surface area contributed by atoms with Gasteiger partial charge in [-0.05, 0) is 48.0 Å². The van der Waals surface area contributed by atoms with Crippen LogP contribution in [0.25, 0.3) is 11.0 Å². The number of benzene rings is 3. The van der Waals surface area contributed by atoms with Crippen molar-refractivity contribution in [1.82, 2.24) is 9.55 Å². The summed E-state index contributed by atoms with van der Waals surface area (Å²) in [4.78, 5) is 16.8. The average molecular weight is 428 g/mol. The van der Waals surface area contributed by atoms with Gasteiger partial charge in [0.1, 0.15) is 5.82 Å². The molecule has 0 aliphatic carbocycles. The maximum Gasteiger partial charge on any atom is 0.416 e. The van der Waals surface area contributed by atoms with Crippen LogP contribution in [0.2, 0.25) is 0 Å². The van der Waals surface area contributed by atoms with E-state index < -0.39 is 23.6 Å². The second kappa shape index (κ2) is 8.10. The topological polar surface area (TPSA) is 59.0 Å². The van der Waals surface area contributed by atoms with Gasteiger partial charge in [0, 0.05) is 5.69 Å². The van der Waals surface area contributed by atoms with Crippen molar-refractivity contribution >= 4 is 28.7 Å². The van der Waals surface area contributed by atoms with Gasteiger partial charge in [-0.3, -0.25) is 5.32 Å². The molecule has 0 saturated heterocycles. The number of anilines is 2. The standard InChI is InChI=1S/C22H16F4N4O/c23-16-7-3-5-14(11-16)13-30-19-10-2-1-9-18(19)28-20(30)29-21(31)27-17-8-4-6-15(12-17)22(24,25)26/h1-12H,13H2,(H2,27,28,29,31). The van der Waals surface area contributed by atoms with Crippen LogP contribution in [-0.4, -0.2) is 15.6 Å². The zero-order chi connectivity index (χ0) is 22.0. The number of para-hydroxylation sites is 2. The van der Waals surface area contributed by atoms with E-state index in [1.807, 2.05) is 0 Å². The lowest BCUT2D eigenvalue weighted by atomic mass is 10.2. The van der Waals surface area contributed by atoms with Gasteiger partial charge in [0.2, 0.25) is 5.95 Å². The van der Waals surface area contributed by atoms with E-state index in [1.165, 1.54) is 24.3 Å². The fourth-order valence-corrected chi connectivity index (χ4v) is 3.19. The van der Waals surface area contributed by atoms with Crippen LogP contribution in [0.1, 0.15) is 11.1 Å². The van der Waals surface area contributed by atoms with Gasteiger partial charge in [-0.2, -0.15) is 13.2 Å². The first kappa shape index (κ1) is 20.4. The van der Waals surface area contributed by atoms with E-state index in [0.717, 1.165) is 12.1 Å². The summed E-state index contributed by atoms with van der Waals surface area (Å²) < 4.78 is 54.0. The van der Waals surface area contributed by atoms with Crippen LogP contribution in [0.15, 0.2) is 72.8 Å². The number of halogens is 4. The second-order valence-electron chi connectivity index (χ2n) is 6.80. The lowest BCUT2D eigenvalue weighted by molar-refractivity contribution is -0.137. The molecule has 0 fully saturated rings. The Morgan fingerprint density at radius 2 is 1.71 bits per heavy atom. The van der Waals surface area contributed by atoms with Crippen LogP contribution in [0.5, 0.6) is 0 Å². The first-order chi connectivity index (χ1) is 14.8. The molecule has 0 bridgehead atoms. The molecule has 2 amide bonds. The largest absolute Gasteiger partial charge is 0.416 e. The molecule has 0 saturated carbocycles. The number of alkyl halides is 3. The first-order valence-corrected chi connectivity index (χ1v) is 9.24. The van der Waals surface area contributed by atoms with Crippen molar-refractivity contribution in [2.75, 3.05) is 10.6 Å². The Bertz CT molecular complexity index is 1250. The van der Waals surface area contributed by atoms with Crippen molar-refractivity contribution in [1.29, 1.82) is 0 Å². The van der Waals surface area contributed by atoms with E-state index in [4.69, 9.17) is 0 Å². The van der Waals surface area contributed by atoms with Gasteiger partial charge in [-0.1, -0.05) is 30.3 Å². The van der Waals surface area contributed by atoms with Crippen molar-refractivity contribution in [3.8, 4) is 0 Å². The number of carbonyl (C=O) groups is 1. The van der Waals surface area contributed by atoms with Gasteiger partial charge < -0.3 is 9.88 Å².